The van der Waals surface area contributed by atoms with Gasteiger partial charge in [0.05, 0.1) is 14.2 Å². The number of benzene rings is 2. The van der Waals surface area contributed by atoms with Crippen LogP contribution < -0.4 is 19.1 Å². The fourth-order valence-corrected chi connectivity index (χ4v) is 4.50. The number of ether oxygens (including phenoxy) is 3. The van der Waals surface area contributed by atoms with Crippen LogP contribution in [0.1, 0.15) is 13.8 Å². The zero-order valence-electron chi connectivity index (χ0n) is 18.8. The quantitative estimate of drug-likeness (QED) is 0.398. The molecule has 0 N–H and O–H groups in total. The van der Waals surface area contributed by atoms with Crippen LogP contribution in [0.5, 0.6) is 17.2 Å². The van der Waals surface area contributed by atoms with Crippen molar-refractivity contribution in [2.75, 3.05) is 51.9 Å². The predicted octanol–water partition coefficient (Wildman–Crippen LogP) is 4.72. The number of likely N-dealkylation sites (N-methyl/N-ethyl adjacent to an activating group) is 1. The smallest absolute Gasteiger partial charge is 0.266 e. The third kappa shape index (κ3) is 5.62. The first-order chi connectivity index (χ1) is 15.5. The van der Waals surface area contributed by atoms with Crippen molar-refractivity contribution in [2.24, 2.45) is 0 Å². The Morgan fingerprint density at radius 1 is 1.00 bits per heavy atom. The van der Waals surface area contributed by atoms with E-state index in [-0.39, 0.29) is 12.5 Å². The van der Waals surface area contributed by atoms with E-state index in [4.69, 9.17) is 30.8 Å². The number of amides is 1. The summed E-state index contributed by atoms with van der Waals surface area (Å²) in [6, 6.07) is 10.6. The molecule has 0 atom stereocenters. The molecule has 1 amide bonds. The molecule has 9 heteroatoms. The van der Waals surface area contributed by atoms with E-state index < -0.39 is 0 Å². The van der Waals surface area contributed by atoms with Gasteiger partial charge in [0.15, 0.2) is 11.7 Å². The summed E-state index contributed by atoms with van der Waals surface area (Å²) in [7, 11) is 3.22. The lowest BCUT2D eigenvalue weighted by Crippen LogP contribution is -2.41. The minimum Gasteiger partial charge on any atom is -0.495 e. The van der Waals surface area contributed by atoms with Gasteiger partial charge in [0.1, 0.15) is 27.5 Å². The average Bonchev–Trinajstić information content (AvgIpc) is 3.26. The average molecular weight is 478 g/mol. The molecule has 0 bridgehead atoms. The highest BCUT2D eigenvalue weighted by Gasteiger charge is 2.23. The largest absolute Gasteiger partial charge is 0.495 e. The minimum absolute atomic E-state index is 0.107. The Kier molecular flexibility index (Phi) is 8.55. The molecule has 1 heterocycles. The van der Waals surface area contributed by atoms with Crippen molar-refractivity contribution in [1.29, 1.82) is 0 Å². The highest BCUT2D eigenvalue weighted by Crippen LogP contribution is 2.40. The normalized spacial score (nSPS) is 11.1. The highest BCUT2D eigenvalue weighted by molar-refractivity contribution is 7.22. The molecule has 32 heavy (non-hydrogen) atoms. The summed E-state index contributed by atoms with van der Waals surface area (Å²) in [6.07, 6.45) is 0. The van der Waals surface area contributed by atoms with E-state index in [1.54, 1.807) is 43.4 Å². The van der Waals surface area contributed by atoms with Crippen molar-refractivity contribution in [1.82, 2.24) is 9.88 Å². The maximum atomic E-state index is 13.2. The standard InChI is InChI=1S/C23H28ClN3O4S/c1-5-26(6-2)13-14-27(20(28)15-31-17-9-7-16(24)8-10-17)23-25-21-18(29-3)11-12-19(30-4)22(21)32-23/h7-12H,5-6,13-15H2,1-4H3. The first-order valence-corrected chi connectivity index (χ1v) is 11.6. The molecule has 0 saturated carbocycles. The number of methoxy groups -OCH3 is 2. The van der Waals surface area contributed by atoms with E-state index in [9.17, 15) is 4.79 Å². The van der Waals surface area contributed by atoms with Crippen LogP contribution in [0.4, 0.5) is 5.13 Å². The van der Waals surface area contributed by atoms with E-state index in [2.05, 4.69) is 18.7 Å². The molecular formula is C23H28ClN3O4S. The van der Waals surface area contributed by atoms with Crippen LogP contribution in [-0.4, -0.2) is 62.8 Å². The first-order valence-electron chi connectivity index (χ1n) is 10.4. The van der Waals surface area contributed by atoms with Crippen molar-refractivity contribution in [3.8, 4) is 17.2 Å². The second-order valence-electron chi connectivity index (χ2n) is 6.96. The summed E-state index contributed by atoms with van der Waals surface area (Å²) in [5, 5.41) is 1.20. The van der Waals surface area contributed by atoms with Crippen LogP contribution in [0.15, 0.2) is 36.4 Å². The van der Waals surface area contributed by atoms with Crippen molar-refractivity contribution in [2.45, 2.75) is 13.8 Å². The Morgan fingerprint density at radius 2 is 1.66 bits per heavy atom. The summed E-state index contributed by atoms with van der Waals surface area (Å²) in [4.78, 5) is 21.9. The first kappa shape index (κ1) is 24.1. The summed E-state index contributed by atoms with van der Waals surface area (Å²) in [5.41, 5.74) is 0.672. The van der Waals surface area contributed by atoms with Crippen LogP contribution in [0.2, 0.25) is 5.02 Å². The van der Waals surface area contributed by atoms with E-state index >= 15 is 0 Å². The molecule has 0 unspecified atom stereocenters. The Bertz CT molecular complexity index is 997. The Hall–Kier alpha value is -2.55. The fraction of sp³-hybridized carbons (Fsp3) is 0.391. The molecule has 0 aliphatic heterocycles. The van der Waals surface area contributed by atoms with Gasteiger partial charge in [-0.25, -0.2) is 4.98 Å². The minimum atomic E-state index is -0.177. The lowest BCUT2D eigenvalue weighted by atomic mass is 10.3. The summed E-state index contributed by atoms with van der Waals surface area (Å²) in [5.74, 6) is 1.73. The molecule has 7 nitrogen and oxygen atoms in total. The Morgan fingerprint density at radius 3 is 2.28 bits per heavy atom. The van der Waals surface area contributed by atoms with Crippen molar-refractivity contribution < 1.29 is 19.0 Å². The SMILES string of the molecule is CCN(CC)CCN(C(=O)COc1ccc(Cl)cc1)c1nc2c(OC)ccc(OC)c2s1. The molecule has 0 aliphatic rings. The van der Waals surface area contributed by atoms with Crippen LogP contribution >= 0.6 is 22.9 Å². The number of hydrogen-bond donors (Lipinski definition) is 0. The fourth-order valence-electron chi connectivity index (χ4n) is 3.25. The third-order valence-corrected chi connectivity index (χ3v) is 6.49. The van der Waals surface area contributed by atoms with Gasteiger partial charge in [-0.15, -0.1) is 0 Å². The maximum Gasteiger partial charge on any atom is 0.266 e. The van der Waals surface area contributed by atoms with Crippen molar-refractivity contribution in [3.05, 3.63) is 41.4 Å². The number of hydrogen-bond acceptors (Lipinski definition) is 7. The van der Waals surface area contributed by atoms with Crippen LogP contribution in [0.25, 0.3) is 10.2 Å². The van der Waals surface area contributed by atoms with Gasteiger partial charge in [-0.1, -0.05) is 36.8 Å². The van der Waals surface area contributed by atoms with Gasteiger partial charge in [0, 0.05) is 18.1 Å². The molecule has 172 valence electrons. The van der Waals surface area contributed by atoms with E-state index in [1.807, 2.05) is 12.1 Å². The van der Waals surface area contributed by atoms with E-state index in [0.29, 0.717) is 39.5 Å². The maximum absolute atomic E-state index is 13.2. The monoisotopic (exact) mass is 477 g/mol. The number of carbonyl (C=O) groups excluding carboxylic acids is 1. The summed E-state index contributed by atoms with van der Waals surface area (Å²) >= 11 is 7.33. The lowest BCUT2D eigenvalue weighted by molar-refractivity contribution is -0.120. The molecule has 2 aromatic carbocycles. The number of rotatable bonds is 11. The molecule has 0 saturated heterocycles. The number of carbonyl (C=O) groups is 1. The van der Waals surface area contributed by atoms with E-state index in [1.165, 1.54) is 11.3 Å². The molecule has 3 rings (SSSR count). The van der Waals surface area contributed by atoms with Crippen LogP contribution in [0.3, 0.4) is 0 Å². The van der Waals surface area contributed by atoms with Crippen LogP contribution in [0, 0.1) is 0 Å². The number of aromatic nitrogens is 1. The van der Waals surface area contributed by atoms with Gasteiger partial charge < -0.3 is 19.1 Å². The van der Waals surface area contributed by atoms with E-state index in [0.717, 1.165) is 24.3 Å². The van der Waals surface area contributed by atoms with Gasteiger partial charge in [0.2, 0.25) is 0 Å². The van der Waals surface area contributed by atoms with Gasteiger partial charge in [0.25, 0.3) is 5.91 Å². The molecule has 1 aromatic heterocycles. The molecule has 3 aromatic rings. The van der Waals surface area contributed by atoms with Gasteiger partial charge in [-0.2, -0.15) is 0 Å². The zero-order chi connectivity index (χ0) is 23.1. The Labute approximate surface area is 197 Å². The Balaban J connectivity index is 1.89. The molecule has 0 aliphatic carbocycles. The highest BCUT2D eigenvalue weighted by atomic mass is 35.5. The third-order valence-electron chi connectivity index (χ3n) is 5.14. The number of fused-ring (bicyclic) bond motifs is 1. The second-order valence-corrected chi connectivity index (χ2v) is 8.37. The number of anilines is 1. The molecule has 0 fully saturated rings. The molecule has 0 radical (unpaired) electrons. The number of thiazole rings is 1. The van der Waals surface area contributed by atoms with Crippen molar-refractivity contribution >= 4 is 44.2 Å². The van der Waals surface area contributed by atoms with Gasteiger partial charge in [-0.05, 0) is 49.5 Å². The van der Waals surface area contributed by atoms with Crippen LogP contribution in [-0.2, 0) is 4.79 Å². The summed E-state index contributed by atoms with van der Waals surface area (Å²) in [6.45, 7) is 7.13. The predicted molar refractivity (Wildman–Crippen MR) is 130 cm³/mol. The van der Waals surface area contributed by atoms with Gasteiger partial charge in [-0.3, -0.25) is 9.69 Å². The zero-order valence-corrected chi connectivity index (χ0v) is 20.3. The molecular weight excluding hydrogens is 450 g/mol. The number of halogens is 1. The second kappa shape index (κ2) is 11.4. The summed E-state index contributed by atoms with van der Waals surface area (Å²) < 4.78 is 17.5. The topological polar surface area (TPSA) is 64.1 Å². The number of nitrogens with zero attached hydrogens (tertiary/aromatic N) is 3. The molecule has 0 spiro atoms. The lowest BCUT2D eigenvalue weighted by Gasteiger charge is -2.24. The van der Waals surface area contributed by atoms with Gasteiger partial charge >= 0.3 is 0 Å². The van der Waals surface area contributed by atoms with Crippen molar-refractivity contribution in [3.63, 3.8) is 0 Å².